The third-order valence-corrected chi connectivity index (χ3v) is 3.35. The van der Waals surface area contributed by atoms with Crippen molar-refractivity contribution >= 4 is 11.6 Å². The summed E-state index contributed by atoms with van der Waals surface area (Å²) in [7, 11) is 1.91. The molecule has 0 aliphatic heterocycles. The monoisotopic (exact) mass is 308 g/mol. The van der Waals surface area contributed by atoms with Crippen molar-refractivity contribution in [2.75, 3.05) is 51.9 Å². The first-order chi connectivity index (χ1) is 10.5. The summed E-state index contributed by atoms with van der Waals surface area (Å²) >= 11 is 0. The first-order valence-electron chi connectivity index (χ1n) is 7.74. The fourth-order valence-corrected chi connectivity index (χ4v) is 2.10. The topological polar surface area (TPSA) is 50.8 Å². The van der Waals surface area contributed by atoms with Crippen LogP contribution < -0.4 is 5.32 Å². The number of aryl methyl sites for hydroxylation is 2. The largest absolute Gasteiger partial charge is 0.379 e. The molecule has 1 N–H and O–H groups in total. The van der Waals surface area contributed by atoms with Crippen molar-refractivity contribution in [2.24, 2.45) is 0 Å². The van der Waals surface area contributed by atoms with Crippen LogP contribution in [0.25, 0.3) is 0 Å². The molecule has 0 fully saturated rings. The first-order valence-corrected chi connectivity index (χ1v) is 7.74. The lowest BCUT2D eigenvalue weighted by molar-refractivity contribution is -0.117. The van der Waals surface area contributed by atoms with E-state index in [1.165, 1.54) is 0 Å². The summed E-state index contributed by atoms with van der Waals surface area (Å²) in [6.45, 7) is 9.54. The molecule has 0 aliphatic carbocycles. The minimum absolute atomic E-state index is 0.00536. The second kappa shape index (κ2) is 10.3. The molecular weight excluding hydrogens is 280 g/mol. The number of ether oxygens (including phenoxy) is 2. The van der Waals surface area contributed by atoms with Gasteiger partial charge in [-0.15, -0.1) is 0 Å². The summed E-state index contributed by atoms with van der Waals surface area (Å²) in [5.74, 6) is -0.00536. The maximum atomic E-state index is 12.1. The molecule has 0 bridgehead atoms. The molecule has 0 aromatic heterocycles. The number of nitrogens with zero attached hydrogens (tertiary/aromatic N) is 1. The van der Waals surface area contributed by atoms with Gasteiger partial charge in [-0.1, -0.05) is 18.2 Å². The molecule has 1 aromatic carbocycles. The Labute approximate surface area is 133 Å². The summed E-state index contributed by atoms with van der Waals surface area (Å²) in [6, 6.07) is 5.99. The quantitative estimate of drug-likeness (QED) is 0.674. The van der Waals surface area contributed by atoms with Gasteiger partial charge in [-0.3, -0.25) is 9.69 Å². The van der Waals surface area contributed by atoms with E-state index in [1.54, 1.807) is 0 Å². The van der Waals surface area contributed by atoms with E-state index in [9.17, 15) is 4.79 Å². The van der Waals surface area contributed by atoms with Crippen molar-refractivity contribution in [3.05, 3.63) is 29.3 Å². The Morgan fingerprint density at radius 3 is 2.41 bits per heavy atom. The van der Waals surface area contributed by atoms with Gasteiger partial charge in [0.15, 0.2) is 0 Å². The van der Waals surface area contributed by atoms with Gasteiger partial charge in [0, 0.05) is 18.8 Å². The van der Waals surface area contributed by atoms with E-state index in [-0.39, 0.29) is 5.91 Å². The molecule has 0 radical (unpaired) electrons. The molecule has 5 nitrogen and oxygen atoms in total. The Morgan fingerprint density at radius 1 is 1.14 bits per heavy atom. The fraction of sp³-hybridized carbons (Fsp3) is 0.588. The number of benzene rings is 1. The van der Waals surface area contributed by atoms with Gasteiger partial charge in [0.2, 0.25) is 5.91 Å². The highest BCUT2D eigenvalue weighted by molar-refractivity contribution is 5.93. The van der Waals surface area contributed by atoms with E-state index in [0.29, 0.717) is 39.5 Å². The number of carbonyl (C=O) groups excluding carboxylic acids is 1. The number of para-hydroxylation sites is 1. The van der Waals surface area contributed by atoms with Crippen LogP contribution in [0.1, 0.15) is 18.1 Å². The summed E-state index contributed by atoms with van der Waals surface area (Å²) in [6.07, 6.45) is 0. The second-order valence-corrected chi connectivity index (χ2v) is 5.36. The molecule has 1 aromatic rings. The maximum absolute atomic E-state index is 12.1. The minimum atomic E-state index is -0.00536. The Morgan fingerprint density at radius 2 is 1.77 bits per heavy atom. The van der Waals surface area contributed by atoms with Crippen LogP contribution in [-0.2, 0) is 14.3 Å². The molecule has 0 unspecified atom stereocenters. The summed E-state index contributed by atoms with van der Waals surface area (Å²) in [5, 5.41) is 2.99. The van der Waals surface area contributed by atoms with Gasteiger partial charge >= 0.3 is 0 Å². The fourth-order valence-electron chi connectivity index (χ4n) is 2.10. The Balaban J connectivity index is 2.27. The molecule has 0 heterocycles. The molecular formula is C17H28N2O3. The van der Waals surface area contributed by atoms with Crippen LogP contribution in [0, 0.1) is 13.8 Å². The Hall–Kier alpha value is -1.43. The van der Waals surface area contributed by atoms with Crippen LogP contribution in [0.4, 0.5) is 5.69 Å². The molecule has 0 spiro atoms. The minimum Gasteiger partial charge on any atom is -0.379 e. The summed E-state index contributed by atoms with van der Waals surface area (Å²) in [4.78, 5) is 14.0. The normalized spacial score (nSPS) is 11.0. The molecule has 1 rings (SSSR count). The van der Waals surface area contributed by atoms with E-state index >= 15 is 0 Å². The standard InChI is InChI=1S/C17H28N2O3/c1-5-21-11-12-22-10-9-19(4)13-16(20)18-17-14(2)7-6-8-15(17)3/h6-8H,5,9-13H2,1-4H3,(H,18,20). The third kappa shape index (κ3) is 7.02. The van der Waals surface area contributed by atoms with Crippen molar-refractivity contribution in [1.82, 2.24) is 4.90 Å². The van der Waals surface area contributed by atoms with E-state index in [1.807, 2.05) is 50.9 Å². The van der Waals surface area contributed by atoms with Gasteiger partial charge < -0.3 is 14.8 Å². The number of hydrogen-bond acceptors (Lipinski definition) is 4. The van der Waals surface area contributed by atoms with Crippen LogP contribution in [-0.4, -0.2) is 57.4 Å². The average molecular weight is 308 g/mol. The number of amides is 1. The average Bonchev–Trinajstić information content (AvgIpc) is 2.46. The van der Waals surface area contributed by atoms with Gasteiger partial charge in [0.25, 0.3) is 0 Å². The van der Waals surface area contributed by atoms with Crippen LogP contribution in [0.3, 0.4) is 0 Å². The number of hydrogen-bond donors (Lipinski definition) is 1. The van der Waals surface area contributed by atoms with Crippen LogP contribution in [0.15, 0.2) is 18.2 Å². The van der Waals surface area contributed by atoms with Crippen molar-refractivity contribution in [3.8, 4) is 0 Å². The predicted octanol–water partition coefficient (Wildman–Crippen LogP) is 2.23. The summed E-state index contributed by atoms with van der Waals surface area (Å²) in [5.41, 5.74) is 3.07. The van der Waals surface area contributed by atoms with Gasteiger partial charge in [-0.25, -0.2) is 0 Å². The Bertz CT molecular complexity index is 443. The number of carbonyl (C=O) groups is 1. The van der Waals surface area contributed by atoms with Crippen molar-refractivity contribution < 1.29 is 14.3 Å². The zero-order valence-corrected chi connectivity index (χ0v) is 14.1. The van der Waals surface area contributed by atoms with Gasteiger partial charge in [-0.2, -0.15) is 0 Å². The third-order valence-electron chi connectivity index (χ3n) is 3.35. The smallest absolute Gasteiger partial charge is 0.238 e. The SMILES string of the molecule is CCOCCOCCN(C)CC(=O)Nc1c(C)cccc1C. The molecule has 0 aliphatic rings. The number of rotatable bonds is 10. The van der Waals surface area contributed by atoms with Gasteiger partial charge in [-0.05, 0) is 38.9 Å². The zero-order valence-electron chi connectivity index (χ0n) is 14.1. The highest BCUT2D eigenvalue weighted by atomic mass is 16.5. The van der Waals surface area contributed by atoms with Gasteiger partial charge in [0.05, 0.1) is 26.4 Å². The number of likely N-dealkylation sites (N-methyl/N-ethyl adjacent to an activating group) is 1. The van der Waals surface area contributed by atoms with E-state index in [4.69, 9.17) is 9.47 Å². The zero-order chi connectivity index (χ0) is 16.4. The maximum Gasteiger partial charge on any atom is 0.238 e. The van der Waals surface area contributed by atoms with Crippen molar-refractivity contribution in [3.63, 3.8) is 0 Å². The Kier molecular flexibility index (Phi) is 8.74. The lowest BCUT2D eigenvalue weighted by Crippen LogP contribution is -2.33. The molecule has 1 amide bonds. The van der Waals surface area contributed by atoms with E-state index in [2.05, 4.69) is 5.32 Å². The first kappa shape index (κ1) is 18.6. The van der Waals surface area contributed by atoms with Crippen LogP contribution >= 0.6 is 0 Å². The van der Waals surface area contributed by atoms with Crippen molar-refractivity contribution in [2.45, 2.75) is 20.8 Å². The molecule has 22 heavy (non-hydrogen) atoms. The lowest BCUT2D eigenvalue weighted by atomic mass is 10.1. The molecule has 5 heteroatoms. The highest BCUT2D eigenvalue weighted by Crippen LogP contribution is 2.19. The van der Waals surface area contributed by atoms with Gasteiger partial charge in [0.1, 0.15) is 0 Å². The molecule has 0 saturated carbocycles. The molecule has 0 atom stereocenters. The second-order valence-electron chi connectivity index (χ2n) is 5.36. The van der Waals surface area contributed by atoms with Crippen LogP contribution in [0.5, 0.6) is 0 Å². The lowest BCUT2D eigenvalue weighted by Gasteiger charge is -2.17. The van der Waals surface area contributed by atoms with Crippen molar-refractivity contribution in [1.29, 1.82) is 0 Å². The predicted molar refractivity (Wildman–Crippen MR) is 89.4 cm³/mol. The molecule has 124 valence electrons. The van der Waals surface area contributed by atoms with E-state index < -0.39 is 0 Å². The summed E-state index contributed by atoms with van der Waals surface area (Å²) < 4.78 is 10.6. The molecule has 0 saturated heterocycles. The number of anilines is 1. The van der Waals surface area contributed by atoms with Crippen LogP contribution in [0.2, 0.25) is 0 Å². The highest BCUT2D eigenvalue weighted by Gasteiger charge is 2.09. The number of nitrogens with one attached hydrogen (secondary N) is 1. The van der Waals surface area contributed by atoms with E-state index in [0.717, 1.165) is 16.8 Å².